The van der Waals surface area contributed by atoms with Gasteiger partial charge < -0.3 is 9.80 Å². The van der Waals surface area contributed by atoms with E-state index in [0.717, 1.165) is 25.9 Å². The Labute approximate surface area is 112 Å². The van der Waals surface area contributed by atoms with Crippen molar-refractivity contribution in [2.24, 2.45) is 5.92 Å². The molecule has 0 radical (unpaired) electrons. The summed E-state index contributed by atoms with van der Waals surface area (Å²) in [5.74, 6) is -0.154. The Hall–Kier alpha value is -0.330. The normalized spacial score (nSPS) is 28.0. The quantitative estimate of drug-likeness (QED) is 0.711. The average molecular weight is 295 g/mol. The summed E-state index contributed by atoms with van der Waals surface area (Å²) in [6.07, 6.45) is 2.27. The maximum atomic E-state index is 11.9. The van der Waals surface area contributed by atoms with Crippen LogP contribution in [0.15, 0.2) is 0 Å². The summed E-state index contributed by atoms with van der Waals surface area (Å²) in [5.41, 5.74) is 0. The summed E-state index contributed by atoms with van der Waals surface area (Å²) < 4.78 is 22.1. The Balaban J connectivity index is 1.93. The van der Waals surface area contributed by atoms with Crippen LogP contribution in [-0.4, -0.2) is 62.6 Å². The predicted molar refractivity (Wildman–Crippen MR) is 70.0 cm³/mol. The molecule has 2 fully saturated rings. The fourth-order valence-corrected chi connectivity index (χ4v) is 4.18. The van der Waals surface area contributed by atoms with Crippen molar-refractivity contribution in [1.82, 2.24) is 9.80 Å². The SMILES string of the molecule is CN1CCC(N2CC(CS(=O)(=O)Cl)CC2=O)CC1. The largest absolute Gasteiger partial charge is 0.339 e. The van der Waals surface area contributed by atoms with E-state index in [1.807, 2.05) is 4.90 Å². The second-order valence-electron chi connectivity index (χ2n) is 5.36. The van der Waals surface area contributed by atoms with Gasteiger partial charge in [0.2, 0.25) is 15.0 Å². The van der Waals surface area contributed by atoms with Crippen LogP contribution < -0.4 is 0 Å². The summed E-state index contributed by atoms with van der Waals surface area (Å²) in [6.45, 7) is 2.53. The molecule has 7 heteroatoms. The molecule has 1 unspecified atom stereocenters. The molecule has 2 saturated heterocycles. The predicted octanol–water partition coefficient (Wildman–Crippen LogP) is 0.498. The van der Waals surface area contributed by atoms with Crippen molar-refractivity contribution >= 4 is 25.6 Å². The van der Waals surface area contributed by atoms with Gasteiger partial charge in [-0.15, -0.1) is 0 Å². The molecule has 104 valence electrons. The first-order chi connectivity index (χ1) is 8.35. The third-order valence-electron chi connectivity index (χ3n) is 3.80. The highest BCUT2D eigenvalue weighted by Crippen LogP contribution is 2.26. The Kier molecular flexibility index (Phi) is 4.18. The molecule has 1 amide bonds. The van der Waals surface area contributed by atoms with Gasteiger partial charge in [-0.05, 0) is 33.0 Å². The fraction of sp³-hybridized carbons (Fsp3) is 0.909. The summed E-state index contributed by atoms with van der Waals surface area (Å²) >= 11 is 0. The van der Waals surface area contributed by atoms with Crippen molar-refractivity contribution in [2.45, 2.75) is 25.3 Å². The van der Waals surface area contributed by atoms with E-state index in [-0.39, 0.29) is 23.6 Å². The molecular weight excluding hydrogens is 276 g/mol. The molecule has 5 nitrogen and oxygen atoms in total. The third-order valence-corrected chi connectivity index (χ3v) is 5.05. The van der Waals surface area contributed by atoms with Crippen LogP contribution in [0.3, 0.4) is 0 Å². The Morgan fingerprint density at radius 3 is 2.50 bits per heavy atom. The smallest absolute Gasteiger partial charge is 0.232 e. The highest BCUT2D eigenvalue weighted by molar-refractivity contribution is 8.13. The molecule has 2 aliphatic heterocycles. The van der Waals surface area contributed by atoms with Crippen LogP contribution in [0.4, 0.5) is 0 Å². The highest BCUT2D eigenvalue weighted by Gasteiger charge is 2.36. The first kappa shape index (κ1) is 14.1. The van der Waals surface area contributed by atoms with Gasteiger partial charge in [-0.2, -0.15) is 0 Å². The van der Waals surface area contributed by atoms with Crippen molar-refractivity contribution in [1.29, 1.82) is 0 Å². The number of nitrogens with zero attached hydrogens (tertiary/aromatic N) is 2. The van der Waals surface area contributed by atoms with E-state index in [0.29, 0.717) is 13.0 Å². The topological polar surface area (TPSA) is 57.7 Å². The first-order valence-electron chi connectivity index (χ1n) is 6.25. The lowest BCUT2D eigenvalue weighted by Gasteiger charge is -2.35. The third kappa shape index (κ3) is 3.59. The molecule has 2 aliphatic rings. The zero-order chi connectivity index (χ0) is 13.3. The molecule has 0 saturated carbocycles. The van der Waals surface area contributed by atoms with Gasteiger partial charge in [-0.25, -0.2) is 8.42 Å². The van der Waals surface area contributed by atoms with Crippen molar-refractivity contribution in [3.05, 3.63) is 0 Å². The van der Waals surface area contributed by atoms with Crippen molar-refractivity contribution in [3.8, 4) is 0 Å². The lowest BCUT2D eigenvalue weighted by molar-refractivity contribution is -0.130. The molecule has 0 N–H and O–H groups in total. The molecule has 0 bridgehead atoms. The summed E-state index contributed by atoms with van der Waals surface area (Å²) in [7, 11) is 3.81. The number of carbonyl (C=O) groups is 1. The number of hydrogen-bond acceptors (Lipinski definition) is 4. The Morgan fingerprint density at radius 1 is 1.33 bits per heavy atom. The van der Waals surface area contributed by atoms with Gasteiger partial charge in [0.1, 0.15) is 0 Å². The van der Waals surface area contributed by atoms with E-state index in [1.54, 1.807) is 0 Å². The molecule has 0 aliphatic carbocycles. The molecular formula is C11H19ClN2O3S. The fourth-order valence-electron chi connectivity index (χ4n) is 2.86. The first-order valence-corrected chi connectivity index (χ1v) is 8.73. The Morgan fingerprint density at radius 2 is 1.94 bits per heavy atom. The zero-order valence-electron chi connectivity index (χ0n) is 10.5. The van der Waals surface area contributed by atoms with Gasteiger partial charge in [0.25, 0.3) is 0 Å². The van der Waals surface area contributed by atoms with E-state index in [1.165, 1.54) is 0 Å². The maximum absolute atomic E-state index is 11.9. The van der Waals surface area contributed by atoms with Crippen LogP contribution in [0.1, 0.15) is 19.3 Å². The number of hydrogen-bond donors (Lipinski definition) is 0. The standard InChI is InChI=1S/C11H19ClN2O3S/c1-13-4-2-10(3-5-13)14-7-9(6-11(14)15)8-18(12,16)17/h9-10H,2-8H2,1H3. The van der Waals surface area contributed by atoms with Crippen LogP contribution in [0.5, 0.6) is 0 Å². The number of rotatable bonds is 3. The Bertz CT molecular complexity index is 418. The number of halogens is 1. The molecule has 0 spiro atoms. The number of likely N-dealkylation sites (tertiary alicyclic amines) is 2. The maximum Gasteiger partial charge on any atom is 0.232 e. The van der Waals surface area contributed by atoms with Crippen molar-refractivity contribution in [3.63, 3.8) is 0 Å². The van der Waals surface area contributed by atoms with E-state index in [2.05, 4.69) is 11.9 Å². The molecule has 2 rings (SSSR count). The van der Waals surface area contributed by atoms with Crippen molar-refractivity contribution in [2.75, 3.05) is 32.4 Å². The minimum atomic E-state index is -3.51. The minimum Gasteiger partial charge on any atom is -0.339 e. The molecule has 1 atom stereocenters. The van der Waals surface area contributed by atoms with Crippen LogP contribution in [0.2, 0.25) is 0 Å². The molecule has 0 aromatic carbocycles. The second-order valence-corrected chi connectivity index (χ2v) is 8.18. The van der Waals surface area contributed by atoms with E-state index in [4.69, 9.17) is 10.7 Å². The van der Waals surface area contributed by atoms with Crippen LogP contribution >= 0.6 is 10.7 Å². The average Bonchev–Trinajstić information content (AvgIpc) is 2.58. The number of piperidine rings is 1. The van der Waals surface area contributed by atoms with E-state index in [9.17, 15) is 13.2 Å². The monoisotopic (exact) mass is 294 g/mol. The van der Waals surface area contributed by atoms with Crippen LogP contribution in [0, 0.1) is 5.92 Å². The molecule has 0 aromatic heterocycles. The van der Waals surface area contributed by atoms with Gasteiger partial charge in [0.15, 0.2) is 0 Å². The summed E-state index contributed by atoms with van der Waals surface area (Å²) in [5, 5.41) is 0. The second kappa shape index (κ2) is 5.35. The molecule has 2 heterocycles. The highest BCUT2D eigenvalue weighted by atomic mass is 35.7. The van der Waals surface area contributed by atoms with Gasteiger partial charge in [0.05, 0.1) is 5.75 Å². The number of carbonyl (C=O) groups excluding carboxylic acids is 1. The van der Waals surface area contributed by atoms with Gasteiger partial charge >= 0.3 is 0 Å². The lowest BCUT2D eigenvalue weighted by Crippen LogP contribution is -2.44. The van der Waals surface area contributed by atoms with Crippen molar-refractivity contribution < 1.29 is 13.2 Å². The van der Waals surface area contributed by atoms with Gasteiger partial charge in [0, 0.05) is 35.6 Å². The number of amides is 1. The minimum absolute atomic E-state index is 0.0786. The summed E-state index contributed by atoms with van der Waals surface area (Å²) in [4.78, 5) is 16.0. The summed E-state index contributed by atoms with van der Waals surface area (Å²) in [6, 6.07) is 0.275. The molecule has 18 heavy (non-hydrogen) atoms. The lowest BCUT2D eigenvalue weighted by atomic mass is 10.0. The zero-order valence-corrected chi connectivity index (χ0v) is 12.1. The van der Waals surface area contributed by atoms with Gasteiger partial charge in [-0.3, -0.25) is 4.79 Å². The molecule has 0 aromatic rings. The van der Waals surface area contributed by atoms with Gasteiger partial charge in [-0.1, -0.05) is 0 Å². The van der Waals surface area contributed by atoms with Crippen LogP contribution in [0.25, 0.3) is 0 Å². The van der Waals surface area contributed by atoms with Crippen LogP contribution in [-0.2, 0) is 13.8 Å². The van der Waals surface area contributed by atoms with E-state index >= 15 is 0 Å². The van der Waals surface area contributed by atoms with E-state index < -0.39 is 9.05 Å².